The number of anilines is 2. The van der Waals surface area contributed by atoms with Crippen molar-refractivity contribution in [1.82, 2.24) is 0 Å². The summed E-state index contributed by atoms with van der Waals surface area (Å²) in [6.45, 7) is -1.18. The Kier molecular flexibility index (Phi) is 3.13. The van der Waals surface area contributed by atoms with E-state index in [0.29, 0.717) is 17.1 Å². The molecule has 106 valence electrons. The van der Waals surface area contributed by atoms with Gasteiger partial charge in [-0.1, -0.05) is 12.1 Å². The zero-order valence-corrected chi connectivity index (χ0v) is 10.9. The topological polar surface area (TPSA) is 58.7 Å². The molecule has 0 fully saturated rings. The predicted octanol–water partition coefficient (Wildman–Crippen LogP) is 2.81. The van der Waals surface area contributed by atoms with Gasteiger partial charge in [0.05, 0.1) is 17.1 Å². The molecule has 0 atom stereocenters. The highest BCUT2D eigenvalue weighted by Crippen LogP contribution is 2.39. The number of nitrogens with two attached hydrogens (primary N) is 1. The van der Waals surface area contributed by atoms with Crippen LogP contribution >= 0.6 is 0 Å². The first-order chi connectivity index (χ1) is 10.1. The summed E-state index contributed by atoms with van der Waals surface area (Å²) in [6, 6.07) is 10.5. The number of rotatable bonds is 1. The van der Waals surface area contributed by atoms with Gasteiger partial charge in [-0.15, -0.1) is 0 Å². The monoisotopic (exact) mass is 287 g/mol. The maximum Gasteiger partial charge on any atom is 0.263 e. The van der Waals surface area contributed by atoms with E-state index in [0.717, 1.165) is 0 Å². The van der Waals surface area contributed by atoms with Gasteiger partial charge in [-0.25, -0.2) is 13.8 Å². The van der Waals surface area contributed by atoms with Crippen molar-refractivity contribution < 1.29 is 13.6 Å². The van der Waals surface area contributed by atoms with Gasteiger partial charge in [-0.2, -0.15) is 0 Å². The van der Waals surface area contributed by atoms with Crippen LogP contribution in [0.5, 0.6) is 0 Å². The molecule has 0 spiro atoms. The lowest BCUT2D eigenvalue weighted by Crippen LogP contribution is -2.28. The number of carbonyl (C=O) groups is 1. The van der Waals surface area contributed by atoms with Crippen LogP contribution in [-0.2, 0) is 4.79 Å². The van der Waals surface area contributed by atoms with Crippen molar-refractivity contribution in [2.45, 2.75) is 0 Å². The van der Waals surface area contributed by atoms with Crippen LogP contribution in [0.4, 0.5) is 25.8 Å². The molecule has 21 heavy (non-hydrogen) atoms. The molecule has 0 unspecified atom stereocenters. The molecule has 0 aromatic heterocycles. The summed E-state index contributed by atoms with van der Waals surface area (Å²) in [5.41, 5.74) is 7.29. The molecule has 2 aromatic carbocycles. The number of aliphatic imine (C=N–C) groups is 1. The number of amides is 1. The average molecular weight is 287 g/mol. The number of carbonyl (C=O) groups excluding carboxylic acids is 1. The van der Waals surface area contributed by atoms with Crippen LogP contribution in [0.3, 0.4) is 0 Å². The lowest BCUT2D eigenvalue weighted by Gasteiger charge is -2.23. The maximum absolute atomic E-state index is 13.5. The van der Waals surface area contributed by atoms with Gasteiger partial charge in [0.1, 0.15) is 11.7 Å². The van der Waals surface area contributed by atoms with E-state index in [1.807, 2.05) is 0 Å². The minimum Gasteiger partial charge on any atom is -0.383 e. The smallest absolute Gasteiger partial charge is 0.263 e. The van der Waals surface area contributed by atoms with E-state index in [1.165, 1.54) is 23.1 Å². The molecule has 6 heteroatoms. The third kappa shape index (κ3) is 2.14. The van der Waals surface area contributed by atoms with Crippen LogP contribution in [0.2, 0.25) is 0 Å². The van der Waals surface area contributed by atoms with Crippen LogP contribution in [0.15, 0.2) is 47.5 Å². The van der Waals surface area contributed by atoms with E-state index < -0.39 is 18.4 Å². The molecule has 1 amide bonds. The first-order valence-corrected chi connectivity index (χ1v) is 6.24. The Balaban J connectivity index is 2.33. The van der Waals surface area contributed by atoms with Crippen molar-refractivity contribution in [3.05, 3.63) is 53.8 Å². The lowest BCUT2D eigenvalue weighted by atomic mass is 10.1. The maximum atomic E-state index is 13.5. The van der Waals surface area contributed by atoms with Gasteiger partial charge in [0.2, 0.25) is 0 Å². The fourth-order valence-electron chi connectivity index (χ4n) is 2.30. The van der Waals surface area contributed by atoms with Crippen molar-refractivity contribution in [2.24, 2.45) is 10.7 Å². The van der Waals surface area contributed by atoms with Crippen LogP contribution in [0.25, 0.3) is 0 Å². The number of amidine groups is 1. The van der Waals surface area contributed by atoms with E-state index >= 15 is 0 Å². The first kappa shape index (κ1) is 13.2. The highest BCUT2D eigenvalue weighted by molar-refractivity contribution is 6.14. The Bertz CT molecular complexity index is 758. The molecule has 3 rings (SSSR count). The Morgan fingerprint density at radius 2 is 1.95 bits per heavy atom. The van der Waals surface area contributed by atoms with Gasteiger partial charge in [0.15, 0.2) is 6.67 Å². The van der Waals surface area contributed by atoms with Crippen molar-refractivity contribution in [3.63, 3.8) is 0 Å². The summed E-state index contributed by atoms with van der Waals surface area (Å²) in [7, 11) is 0. The van der Waals surface area contributed by atoms with Gasteiger partial charge >= 0.3 is 0 Å². The number of hydrogen-bond donors (Lipinski definition) is 1. The van der Waals surface area contributed by atoms with Crippen molar-refractivity contribution in [1.29, 1.82) is 0 Å². The molecule has 0 saturated heterocycles. The Hall–Kier alpha value is -2.76. The molecule has 0 bridgehead atoms. The number of para-hydroxylation sites is 2. The minimum absolute atomic E-state index is 0.0751. The number of nitrogens with zero attached hydrogens (tertiary/aromatic N) is 2. The molecular weight excluding hydrogens is 276 g/mol. The molecule has 4 nitrogen and oxygen atoms in total. The second-order valence-corrected chi connectivity index (χ2v) is 4.51. The summed E-state index contributed by atoms with van der Waals surface area (Å²) in [5.74, 6) is -1.20. The number of benzene rings is 2. The largest absolute Gasteiger partial charge is 0.383 e. The third-order valence-corrected chi connectivity index (χ3v) is 3.20. The van der Waals surface area contributed by atoms with Crippen LogP contribution in [0.1, 0.15) is 5.56 Å². The summed E-state index contributed by atoms with van der Waals surface area (Å²) in [4.78, 5) is 17.4. The number of hydrogen-bond acceptors (Lipinski definition) is 3. The zero-order valence-electron chi connectivity index (χ0n) is 10.9. The molecule has 2 N–H and O–H groups in total. The highest BCUT2D eigenvalue weighted by atomic mass is 19.1. The average Bonchev–Trinajstić information content (AvgIpc) is 2.61. The Morgan fingerprint density at radius 3 is 2.71 bits per heavy atom. The lowest BCUT2D eigenvalue weighted by molar-refractivity contribution is -0.118. The van der Waals surface area contributed by atoms with Gasteiger partial charge in [0.25, 0.3) is 5.91 Å². The summed E-state index contributed by atoms with van der Waals surface area (Å²) in [6.07, 6.45) is 0. The van der Waals surface area contributed by atoms with E-state index in [9.17, 15) is 13.6 Å². The predicted molar refractivity (Wildman–Crippen MR) is 76.3 cm³/mol. The van der Waals surface area contributed by atoms with E-state index in [4.69, 9.17) is 5.73 Å². The van der Waals surface area contributed by atoms with Gasteiger partial charge in [0, 0.05) is 5.56 Å². The number of halogens is 2. The van der Waals surface area contributed by atoms with Gasteiger partial charge in [-0.3, -0.25) is 9.69 Å². The van der Waals surface area contributed by atoms with E-state index in [2.05, 4.69) is 4.99 Å². The van der Waals surface area contributed by atoms with Crippen molar-refractivity contribution >= 4 is 28.8 Å². The molecule has 1 aliphatic rings. The first-order valence-electron chi connectivity index (χ1n) is 6.24. The quantitative estimate of drug-likeness (QED) is 0.876. The fraction of sp³-hybridized carbons (Fsp3) is 0.0667. The van der Waals surface area contributed by atoms with E-state index in [1.54, 1.807) is 24.3 Å². The number of fused-ring (bicyclic) bond motifs is 2. The second-order valence-electron chi connectivity index (χ2n) is 4.51. The van der Waals surface area contributed by atoms with Crippen LogP contribution < -0.4 is 10.6 Å². The fourth-order valence-corrected chi connectivity index (χ4v) is 2.30. The van der Waals surface area contributed by atoms with Crippen LogP contribution in [0, 0.1) is 5.82 Å². The molecule has 1 aliphatic heterocycles. The van der Waals surface area contributed by atoms with Crippen LogP contribution in [-0.4, -0.2) is 18.4 Å². The minimum atomic E-state index is -1.18. The molecule has 0 aliphatic carbocycles. The SMILES string of the molecule is NC1=Nc2ccccc2N(C(=O)CF)c2ccc(F)cc21. The third-order valence-electron chi connectivity index (χ3n) is 3.20. The van der Waals surface area contributed by atoms with Gasteiger partial charge < -0.3 is 5.73 Å². The highest BCUT2D eigenvalue weighted by Gasteiger charge is 2.26. The molecule has 2 aromatic rings. The summed E-state index contributed by atoms with van der Waals surface area (Å²) >= 11 is 0. The Labute approximate surface area is 119 Å². The molecule has 0 radical (unpaired) electrons. The van der Waals surface area contributed by atoms with E-state index in [-0.39, 0.29) is 11.4 Å². The standard InChI is InChI=1S/C15H11F2N3O/c16-8-14(21)20-12-6-5-9(17)7-10(12)15(18)19-11-3-1-2-4-13(11)20/h1-7H,8H2,(H2,18,19). The molecule has 0 saturated carbocycles. The Morgan fingerprint density at radius 1 is 1.19 bits per heavy atom. The molecule has 1 heterocycles. The van der Waals surface area contributed by atoms with Crippen molar-refractivity contribution in [3.8, 4) is 0 Å². The second kappa shape index (κ2) is 4.97. The summed E-state index contributed by atoms with van der Waals surface area (Å²) in [5, 5.41) is 0. The number of alkyl halides is 1. The van der Waals surface area contributed by atoms with Gasteiger partial charge in [-0.05, 0) is 30.3 Å². The summed E-state index contributed by atoms with van der Waals surface area (Å²) < 4.78 is 26.4. The van der Waals surface area contributed by atoms with Crippen molar-refractivity contribution in [2.75, 3.05) is 11.6 Å². The normalized spacial score (nSPS) is 13.0. The molecular formula is C15H11F2N3O. The zero-order chi connectivity index (χ0) is 15.0.